The van der Waals surface area contributed by atoms with E-state index < -0.39 is 0 Å². The van der Waals surface area contributed by atoms with E-state index in [1.165, 1.54) is 0 Å². The zero-order valence-corrected chi connectivity index (χ0v) is 5.52. The molecule has 0 aliphatic carbocycles. The van der Waals surface area contributed by atoms with Crippen LogP contribution in [-0.2, 0) is 0 Å². The van der Waals surface area contributed by atoms with Gasteiger partial charge in [-0.2, -0.15) is 15.8 Å². The standard InChI is InChI=1S/CH2BBrCl2/c3-2-1(4)5/h1-2H. The van der Waals surface area contributed by atoms with Crippen molar-refractivity contribution in [1.82, 2.24) is 0 Å². The van der Waals surface area contributed by atoms with Crippen LogP contribution in [0.15, 0.2) is 0 Å². The summed E-state index contributed by atoms with van der Waals surface area (Å²) >= 11 is 13.4. The first-order valence-electron chi connectivity index (χ1n) is 1.11. The highest BCUT2D eigenvalue weighted by Gasteiger charge is 1.92. The molecule has 0 amide bonds. The van der Waals surface area contributed by atoms with Crippen LogP contribution < -0.4 is 0 Å². The molecule has 0 aromatic heterocycles. The minimum Gasteiger partial charge on any atom is -0.159 e. The molecule has 0 nitrogen and oxygen atoms in total. The van der Waals surface area contributed by atoms with Crippen molar-refractivity contribution >= 4 is 45.1 Å². The number of alkyl halides is 2. The highest BCUT2D eigenvalue weighted by atomic mass is 79.9. The summed E-state index contributed by atoms with van der Waals surface area (Å²) in [6, 6.07) is 0. The second kappa shape index (κ2) is 3.32. The first-order valence-corrected chi connectivity index (χ1v) is 3.11. The first-order chi connectivity index (χ1) is 2.27. The van der Waals surface area contributed by atoms with Crippen molar-refractivity contribution in [2.24, 2.45) is 0 Å². The number of hydrogen-bond donors (Lipinski definition) is 0. The molecule has 0 radical (unpaired) electrons. The molecule has 4 heteroatoms. The number of rotatable bonds is 1. The Hall–Kier alpha value is 1.12. The highest BCUT2D eigenvalue weighted by molar-refractivity contribution is 9.23. The van der Waals surface area contributed by atoms with Gasteiger partial charge in [-0.1, -0.05) is 0 Å². The molecule has 0 atom stereocenters. The van der Waals surface area contributed by atoms with Crippen LogP contribution in [0.3, 0.4) is 0 Å². The Balaban J connectivity index is 2.54. The molecular formula is CH2BBrCl2. The topological polar surface area (TPSA) is 0 Å². The molecule has 0 saturated heterocycles. The normalized spacial score (nSPS) is 8.80. The van der Waals surface area contributed by atoms with E-state index in [1.54, 1.807) is 0 Å². The minimum absolute atomic E-state index is 0.255. The predicted octanol–water partition coefficient (Wildman–Crippen LogP) is 1.49. The second-order valence-corrected chi connectivity index (χ2v) is 2.47. The molecule has 5 heavy (non-hydrogen) atoms. The zero-order chi connectivity index (χ0) is 4.28. The molecule has 0 aliphatic rings. The van der Waals surface area contributed by atoms with Crippen molar-refractivity contribution in [3.63, 3.8) is 0 Å². The van der Waals surface area contributed by atoms with Crippen LogP contribution >= 0.6 is 39.0 Å². The first kappa shape index (κ1) is 6.12. The van der Waals surface area contributed by atoms with Gasteiger partial charge in [0.1, 0.15) is 0 Å². The summed E-state index contributed by atoms with van der Waals surface area (Å²) in [5.41, 5.74) is 0. The second-order valence-electron chi connectivity index (χ2n) is 0.545. The summed E-state index contributed by atoms with van der Waals surface area (Å²) in [5.74, 6) is 0. The maximum atomic E-state index is 5.18. The Bertz CT molecular complexity index is 23.6. The van der Waals surface area contributed by atoms with Gasteiger partial charge in [0.25, 0.3) is 0 Å². The van der Waals surface area contributed by atoms with E-state index in [0.29, 0.717) is 6.10 Å². The van der Waals surface area contributed by atoms with Crippen LogP contribution in [-0.4, -0.2) is 10.8 Å². The fourth-order valence-corrected chi connectivity index (χ4v) is 0. The van der Waals surface area contributed by atoms with Crippen LogP contribution in [0.1, 0.15) is 0 Å². The van der Waals surface area contributed by atoms with Gasteiger partial charge in [0.15, 0.2) is 0 Å². The summed E-state index contributed by atoms with van der Waals surface area (Å²) < 4.78 is -0.255. The van der Waals surface area contributed by atoms with Gasteiger partial charge in [-0.25, -0.2) is 0 Å². The molecule has 0 aliphatic heterocycles. The highest BCUT2D eigenvalue weighted by Crippen LogP contribution is 2.00. The van der Waals surface area contributed by atoms with Crippen LogP contribution in [0.5, 0.6) is 0 Å². The Morgan fingerprint density at radius 1 is 1.60 bits per heavy atom. The molecule has 0 unspecified atom stereocenters. The van der Waals surface area contributed by atoms with Crippen LogP contribution in [0.2, 0.25) is 0 Å². The van der Waals surface area contributed by atoms with E-state index in [9.17, 15) is 0 Å². The Kier molecular flexibility index (Phi) is 4.07. The summed E-state index contributed by atoms with van der Waals surface area (Å²) in [4.78, 5) is 0. The molecule has 0 aromatic rings. The lowest BCUT2D eigenvalue weighted by molar-refractivity contribution is 1.95. The fraction of sp³-hybridized carbons (Fsp3) is 1.00. The quantitative estimate of drug-likeness (QED) is 0.419. The van der Waals surface area contributed by atoms with E-state index >= 15 is 0 Å². The fourth-order valence-electron chi connectivity index (χ4n) is 0. The van der Waals surface area contributed by atoms with E-state index in [0.717, 1.165) is 0 Å². The number of halogens is 3. The van der Waals surface area contributed by atoms with Crippen molar-refractivity contribution in [1.29, 1.82) is 0 Å². The minimum atomic E-state index is -0.255. The average Bonchev–Trinajstić information content (AvgIpc) is 1.38. The number of hydrogen-bond acceptors (Lipinski definition) is 0. The third kappa shape index (κ3) is 5.12. The van der Waals surface area contributed by atoms with Crippen LogP contribution in [0.25, 0.3) is 0 Å². The van der Waals surface area contributed by atoms with Gasteiger partial charge in [0.2, 0.25) is 6.10 Å². The van der Waals surface area contributed by atoms with Crippen molar-refractivity contribution in [3.05, 3.63) is 0 Å². The molecule has 0 spiro atoms. The van der Waals surface area contributed by atoms with E-state index in [-0.39, 0.29) is 4.74 Å². The van der Waals surface area contributed by atoms with Gasteiger partial charge >= 0.3 is 0 Å². The lowest BCUT2D eigenvalue weighted by Gasteiger charge is -1.80. The van der Waals surface area contributed by atoms with Gasteiger partial charge in [-0.05, 0) is 0 Å². The van der Waals surface area contributed by atoms with E-state index in [2.05, 4.69) is 15.8 Å². The Morgan fingerprint density at radius 2 is 1.80 bits per heavy atom. The predicted molar refractivity (Wildman–Crippen MR) is 31.6 cm³/mol. The molecule has 0 bridgehead atoms. The average molecular weight is 176 g/mol. The lowest BCUT2D eigenvalue weighted by Crippen LogP contribution is -1.87. The Morgan fingerprint density at radius 3 is 1.80 bits per heavy atom. The molecule has 0 aromatic carbocycles. The Labute approximate surface area is 50.0 Å². The van der Waals surface area contributed by atoms with Gasteiger partial charge in [-0.3, -0.25) is 0 Å². The largest absolute Gasteiger partial charge is 0.243 e. The molecule has 0 rings (SSSR count). The van der Waals surface area contributed by atoms with Crippen molar-refractivity contribution < 1.29 is 0 Å². The molecular weight excluding hydrogens is 174 g/mol. The summed E-state index contributed by atoms with van der Waals surface area (Å²) in [5, 5.41) is 0. The molecule has 30 valence electrons. The van der Waals surface area contributed by atoms with E-state index in [4.69, 9.17) is 23.2 Å². The van der Waals surface area contributed by atoms with Crippen LogP contribution in [0, 0.1) is 0 Å². The lowest BCUT2D eigenvalue weighted by atomic mass is 10.2. The summed E-state index contributed by atoms with van der Waals surface area (Å²) in [7, 11) is 0. The van der Waals surface area contributed by atoms with Gasteiger partial charge in [-0.15, -0.1) is 23.2 Å². The monoisotopic (exact) mass is 174 g/mol. The van der Waals surface area contributed by atoms with Gasteiger partial charge in [0.05, 0.1) is 4.74 Å². The maximum absolute atomic E-state index is 5.18. The van der Waals surface area contributed by atoms with Crippen molar-refractivity contribution in [2.75, 3.05) is 0 Å². The molecule has 0 fully saturated rings. The van der Waals surface area contributed by atoms with E-state index in [1.807, 2.05) is 0 Å². The van der Waals surface area contributed by atoms with Crippen LogP contribution in [0.4, 0.5) is 0 Å². The molecule has 0 saturated carbocycles. The molecule has 0 N–H and O–H groups in total. The summed E-state index contributed by atoms with van der Waals surface area (Å²) in [6.45, 7) is 0. The maximum Gasteiger partial charge on any atom is 0.243 e. The van der Waals surface area contributed by atoms with Gasteiger partial charge < -0.3 is 0 Å². The van der Waals surface area contributed by atoms with Crippen molar-refractivity contribution in [2.45, 2.75) is 4.74 Å². The third-order valence-electron chi connectivity index (χ3n) is 0.117. The summed E-state index contributed by atoms with van der Waals surface area (Å²) in [6.07, 6.45) is 0.649. The third-order valence-corrected chi connectivity index (χ3v) is 1.82. The SMILES string of the molecule is ClC(Cl)BBr. The smallest absolute Gasteiger partial charge is 0.159 e. The van der Waals surface area contributed by atoms with Gasteiger partial charge in [0, 0.05) is 0 Å². The zero-order valence-electron chi connectivity index (χ0n) is 2.42. The molecule has 0 heterocycles. The van der Waals surface area contributed by atoms with Crippen molar-refractivity contribution in [3.8, 4) is 0 Å².